The van der Waals surface area contributed by atoms with Crippen LogP contribution in [0.25, 0.3) is 0 Å². The van der Waals surface area contributed by atoms with Crippen LogP contribution in [0.4, 0.5) is 0 Å². The van der Waals surface area contributed by atoms with E-state index in [1.165, 1.54) is 12.4 Å². The molecule has 0 atom stereocenters. The number of carbonyl (C=O) groups excluding carboxylic acids is 2. The van der Waals surface area contributed by atoms with Crippen LogP contribution in [-0.2, 0) is 27.2 Å². The van der Waals surface area contributed by atoms with Gasteiger partial charge < -0.3 is 14.7 Å². The van der Waals surface area contributed by atoms with Crippen LogP contribution in [0.5, 0.6) is 0 Å². The monoisotopic (exact) mass is 234 g/mol. The third-order valence-corrected chi connectivity index (χ3v) is 1.96. The summed E-state index contributed by atoms with van der Waals surface area (Å²) in [6, 6.07) is 0. The van der Waals surface area contributed by atoms with E-state index < -0.39 is 11.9 Å². The fourth-order valence-corrected chi connectivity index (χ4v) is 1.26. The van der Waals surface area contributed by atoms with E-state index in [2.05, 4.69) is 24.7 Å². The largest absolute Gasteiger partial charge is 0.392 e. The number of ether oxygens (including phenoxy) is 1. The summed E-state index contributed by atoms with van der Waals surface area (Å²) in [6.45, 7) is 0. The summed E-state index contributed by atoms with van der Waals surface area (Å²) in [6.07, 6.45) is 6.11. The molecule has 2 rings (SSSR count). The average molecular weight is 234 g/mol. The lowest BCUT2D eigenvalue weighted by Crippen LogP contribution is -2.17. The van der Waals surface area contributed by atoms with Crippen molar-refractivity contribution in [1.82, 2.24) is 19.9 Å². The molecule has 2 N–H and O–H groups in total. The van der Waals surface area contributed by atoms with Crippen molar-refractivity contribution in [3.05, 3.63) is 36.4 Å². The van der Waals surface area contributed by atoms with Crippen LogP contribution < -0.4 is 0 Å². The van der Waals surface area contributed by atoms with Crippen molar-refractivity contribution in [1.29, 1.82) is 0 Å². The molecule has 7 nitrogen and oxygen atoms in total. The first-order valence-corrected chi connectivity index (χ1v) is 4.94. The van der Waals surface area contributed by atoms with Crippen molar-refractivity contribution in [3.8, 4) is 0 Å². The highest BCUT2D eigenvalue weighted by atomic mass is 16.6. The highest BCUT2D eigenvalue weighted by molar-refractivity contribution is 5.86. The predicted octanol–water partition coefficient (Wildman–Crippen LogP) is -0.0122. The Morgan fingerprint density at radius 2 is 1.47 bits per heavy atom. The SMILES string of the molecule is O=C(Cc1ncc[nH]1)OC(=O)Cc1ncc[nH]1. The zero-order valence-corrected chi connectivity index (χ0v) is 8.84. The van der Waals surface area contributed by atoms with Gasteiger partial charge in [0.25, 0.3) is 0 Å². The molecule has 0 unspecified atom stereocenters. The first-order chi connectivity index (χ1) is 8.24. The van der Waals surface area contributed by atoms with Gasteiger partial charge >= 0.3 is 11.9 Å². The number of rotatable bonds is 4. The van der Waals surface area contributed by atoms with E-state index in [4.69, 9.17) is 0 Å². The summed E-state index contributed by atoms with van der Waals surface area (Å²) < 4.78 is 4.60. The van der Waals surface area contributed by atoms with Crippen molar-refractivity contribution in [2.45, 2.75) is 12.8 Å². The quantitative estimate of drug-likeness (QED) is 0.572. The molecule has 0 bridgehead atoms. The standard InChI is InChI=1S/C10H10N4O3/c15-9(5-7-11-1-2-12-7)17-10(16)6-8-13-3-4-14-8/h1-4H,5-6H2,(H,11,12)(H,13,14). The Bertz CT molecular complexity index is 443. The van der Waals surface area contributed by atoms with E-state index in [-0.39, 0.29) is 12.8 Å². The van der Waals surface area contributed by atoms with Crippen LogP contribution in [0.1, 0.15) is 11.6 Å². The molecule has 2 aromatic rings. The van der Waals surface area contributed by atoms with E-state index in [9.17, 15) is 9.59 Å². The lowest BCUT2D eigenvalue weighted by atomic mass is 10.4. The van der Waals surface area contributed by atoms with Gasteiger partial charge in [0.05, 0.1) is 0 Å². The smallest absolute Gasteiger partial charge is 0.321 e. The number of esters is 2. The van der Waals surface area contributed by atoms with Crippen molar-refractivity contribution in [2.24, 2.45) is 0 Å². The van der Waals surface area contributed by atoms with Gasteiger partial charge in [-0.3, -0.25) is 9.59 Å². The summed E-state index contributed by atoms with van der Waals surface area (Å²) in [5, 5.41) is 0. The maximum atomic E-state index is 11.3. The normalized spacial score (nSPS) is 10.1. The molecule has 88 valence electrons. The Hall–Kier alpha value is -2.44. The number of H-pyrrole nitrogens is 2. The molecule has 0 fully saturated rings. The van der Waals surface area contributed by atoms with Crippen molar-refractivity contribution < 1.29 is 14.3 Å². The van der Waals surface area contributed by atoms with Gasteiger partial charge in [0.15, 0.2) is 0 Å². The molecular weight excluding hydrogens is 224 g/mol. The van der Waals surface area contributed by atoms with Gasteiger partial charge in [0, 0.05) is 24.8 Å². The Labute approximate surface area is 96.2 Å². The number of aromatic amines is 2. The molecule has 0 amide bonds. The van der Waals surface area contributed by atoms with Crippen molar-refractivity contribution in [2.75, 3.05) is 0 Å². The van der Waals surface area contributed by atoms with Gasteiger partial charge in [0.1, 0.15) is 24.5 Å². The van der Waals surface area contributed by atoms with Crippen LogP contribution in [-0.4, -0.2) is 31.9 Å². The minimum absolute atomic E-state index is 0.0586. The summed E-state index contributed by atoms with van der Waals surface area (Å²) in [4.78, 5) is 35.8. The highest BCUT2D eigenvalue weighted by Gasteiger charge is 2.13. The van der Waals surface area contributed by atoms with Crippen molar-refractivity contribution in [3.63, 3.8) is 0 Å². The van der Waals surface area contributed by atoms with Gasteiger partial charge in [-0.2, -0.15) is 0 Å². The third-order valence-electron chi connectivity index (χ3n) is 1.96. The number of nitrogens with zero attached hydrogens (tertiary/aromatic N) is 2. The van der Waals surface area contributed by atoms with E-state index in [0.717, 1.165) is 0 Å². The van der Waals surface area contributed by atoms with Gasteiger partial charge in [0.2, 0.25) is 0 Å². The van der Waals surface area contributed by atoms with Gasteiger partial charge in [-0.05, 0) is 0 Å². The van der Waals surface area contributed by atoms with Crippen LogP contribution in [0, 0.1) is 0 Å². The molecule has 2 heterocycles. The maximum absolute atomic E-state index is 11.3. The summed E-state index contributed by atoms with van der Waals surface area (Å²) in [5.74, 6) is -0.366. The molecule has 7 heteroatoms. The van der Waals surface area contributed by atoms with Gasteiger partial charge in [-0.1, -0.05) is 0 Å². The molecule has 0 radical (unpaired) electrons. The first-order valence-electron chi connectivity index (χ1n) is 4.94. The molecule has 0 aliphatic rings. The zero-order chi connectivity index (χ0) is 12.1. The Morgan fingerprint density at radius 1 is 1.00 bits per heavy atom. The van der Waals surface area contributed by atoms with Gasteiger partial charge in [-0.15, -0.1) is 0 Å². The maximum Gasteiger partial charge on any atom is 0.321 e. The number of aromatic nitrogens is 4. The second-order valence-corrected chi connectivity index (χ2v) is 3.27. The van der Waals surface area contributed by atoms with Crippen molar-refractivity contribution >= 4 is 11.9 Å². The van der Waals surface area contributed by atoms with E-state index in [0.29, 0.717) is 11.6 Å². The fraction of sp³-hybridized carbons (Fsp3) is 0.200. The van der Waals surface area contributed by atoms with Crippen LogP contribution in [0.15, 0.2) is 24.8 Å². The molecule has 0 saturated heterocycles. The molecule has 0 spiro atoms. The number of hydrogen-bond acceptors (Lipinski definition) is 5. The van der Waals surface area contributed by atoms with E-state index in [1.807, 2.05) is 0 Å². The minimum Gasteiger partial charge on any atom is -0.392 e. The average Bonchev–Trinajstić information content (AvgIpc) is 2.90. The molecule has 0 aromatic carbocycles. The molecule has 0 aliphatic carbocycles. The summed E-state index contributed by atoms with van der Waals surface area (Å²) >= 11 is 0. The summed E-state index contributed by atoms with van der Waals surface area (Å²) in [7, 11) is 0. The lowest BCUT2D eigenvalue weighted by Gasteiger charge is -2.00. The molecule has 0 saturated carbocycles. The molecular formula is C10H10N4O3. The summed E-state index contributed by atoms with van der Waals surface area (Å²) in [5.41, 5.74) is 0. The number of imidazole rings is 2. The second kappa shape index (κ2) is 5.06. The van der Waals surface area contributed by atoms with E-state index in [1.54, 1.807) is 12.4 Å². The number of nitrogens with one attached hydrogen (secondary N) is 2. The first kappa shape index (κ1) is 11.1. The van der Waals surface area contributed by atoms with Crippen LogP contribution >= 0.6 is 0 Å². The second-order valence-electron chi connectivity index (χ2n) is 3.27. The predicted molar refractivity (Wildman–Crippen MR) is 55.7 cm³/mol. The Kier molecular flexibility index (Phi) is 3.29. The van der Waals surface area contributed by atoms with Gasteiger partial charge in [-0.25, -0.2) is 9.97 Å². The highest BCUT2D eigenvalue weighted by Crippen LogP contribution is 1.97. The van der Waals surface area contributed by atoms with Crippen LogP contribution in [0.2, 0.25) is 0 Å². The Morgan fingerprint density at radius 3 is 1.82 bits per heavy atom. The molecule has 2 aromatic heterocycles. The van der Waals surface area contributed by atoms with E-state index >= 15 is 0 Å². The fourth-order valence-electron chi connectivity index (χ4n) is 1.26. The van der Waals surface area contributed by atoms with Crippen LogP contribution in [0.3, 0.4) is 0 Å². The topological polar surface area (TPSA) is 101 Å². The molecule has 0 aliphatic heterocycles. The number of hydrogen-bond donors (Lipinski definition) is 2. The lowest BCUT2D eigenvalue weighted by molar-refractivity contribution is -0.158. The number of carbonyl (C=O) groups is 2. The Balaban J connectivity index is 1.80. The third kappa shape index (κ3) is 3.26. The minimum atomic E-state index is -0.642. The molecule has 17 heavy (non-hydrogen) atoms. The zero-order valence-electron chi connectivity index (χ0n) is 8.84.